The second-order valence-electron chi connectivity index (χ2n) is 21.4. The molecule has 0 aromatic carbocycles. The van der Waals surface area contributed by atoms with Gasteiger partial charge in [0.25, 0.3) is 7.82 Å². The molecule has 0 aliphatic carbocycles. The van der Waals surface area contributed by atoms with Crippen molar-refractivity contribution in [2.75, 3.05) is 47.5 Å². The molecule has 0 rings (SSSR count). The SMILES string of the molecule is CCCCCCCCCCCCCCCCCCCCCCCCC(=O)OCC(COP(=O)([O-])OCC[N+](C)(C)C)OC(=O)CCCCCCCCCCCCCCCCCCCCCCC. The van der Waals surface area contributed by atoms with Crippen molar-refractivity contribution in [3.63, 3.8) is 0 Å². The van der Waals surface area contributed by atoms with Crippen LogP contribution < -0.4 is 4.89 Å². The lowest BCUT2D eigenvalue weighted by Crippen LogP contribution is -2.37. The number of hydrogen-bond acceptors (Lipinski definition) is 8. The highest BCUT2D eigenvalue weighted by Gasteiger charge is 2.22. The first kappa shape index (κ1) is 66.0. The Kier molecular flexibility index (Phi) is 49.2. The average molecular weight is 973 g/mol. The van der Waals surface area contributed by atoms with Gasteiger partial charge >= 0.3 is 11.9 Å². The van der Waals surface area contributed by atoms with Crippen LogP contribution in [0.5, 0.6) is 0 Å². The molecule has 0 N–H and O–H groups in total. The van der Waals surface area contributed by atoms with Crippen molar-refractivity contribution in [2.45, 2.75) is 309 Å². The van der Waals surface area contributed by atoms with Crippen molar-refractivity contribution >= 4 is 19.8 Å². The summed E-state index contributed by atoms with van der Waals surface area (Å²) in [5.41, 5.74) is 0. The lowest BCUT2D eigenvalue weighted by molar-refractivity contribution is -0.870. The second-order valence-corrected chi connectivity index (χ2v) is 22.8. The summed E-state index contributed by atoms with van der Waals surface area (Å²) in [6.45, 7) is 4.32. The van der Waals surface area contributed by atoms with Gasteiger partial charge < -0.3 is 27.9 Å². The molecule has 2 atom stereocenters. The zero-order valence-electron chi connectivity index (χ0n) is 45.4. The van der Waals surface area contributed by atoms with Crippen molar-refractivity contribution in [1.29, 1.82) is 0 Å². The van der Waals surface area contributed by atoms with Gasteiger partial charge in [-0.1, -0.05) is 277 Å². The fraction of sp³-hybridized carbons (Fsp3) is 0.965. The molecule has 400 valence electrons. The lowest BCUT2D eigenvalue weighted by Gasteiger charge is -2.28. The number of quaternary nitrogens is 1. The van der Waals surface area contributed by atoms with Crippen LogP contribution in [0.3, 0.4) is 0 Å². The van der Waals surface area contributed by atoms with E-state index in [4.69, 9.17) is 18.5 Å². The van der Waals surface area contributed by atoms with E-state index in [1.807, 2.05) is 21.1 Å². The number of unbranched alkanes of at least 4 members (excludes halogenated alkanes) is 41. The highest BCUT2D eigenvalue weighted by molar-refractivity contribution is 7.45. The molecular formula is C57H114NO8P. The van der Waals surface area contributed by atoms with E-state index in [-0.39, 0.29) is 32.0 Å². The van der Waals surface area contributed by atoms with E-state index in [1.165, 1.54) is 238 Å². The molecule has 0 radical (unpaired) electrons. The molecule has 9 nitrogen and oxygen atoms in total. The number of phosphoric ester groups is 1. The van der Waals surface area contributed by atoms with Crippen LogP contribution in [0.25, 0.3) is 0 Å². The van der Waals surface area contributed by atoms with E-state index >= 15 is 0 Å². The van der Waals surface area contributed by atoms with Crippen LogP contribution in [0, 0.1) is 0 Å². The maximum Gasteiger partial charge on any atom is 0.306 e. The standard InChI is InChI=1S/C57H114NO8P/c1-6-8-10-12-14-16-18-20-22-24-26-28-30-31-33-35-37-39-41-43-45-47-49-56(59)63-53-55(54-65-67(61,62)64-52-51-58(3,4)5)66-57(60)50-48-46-44-42-40-38-36-34-32-29-27-25-23-21-19-17-15-13-11-9-7-2/h55H,6-54H2,1-5H3. The highest BCUT2D eigenvalue weighted by atomic mass is 31.2. The number of phosphoric acid groups is 1. The van der Waals surface area contributed by atoms with Gasteiger partial charge in [0.05, 0.1) is 27.7 Å². The van der Waals surface area contributed by atoms with Crippen molar-refractivity contribution in [1.82, 2.24) is 0 Å². The highest BCUT2D eigenvalue weighted by Crippen LogP contribution is 2.38. The molecule has 0 saturated heterocycles. The number of likely N-dealkylation sites (N-methyl/N-ethyl adjacent to an activating group) is 1. The van der Waals surface area contributed by atoms with E-state index in [2.05, 4.69) is 13.8 Å². The maximum atomic E-state index is 12.8. The first-order valence-electron chi connectivity index (χ1n) is 29.2. The van der Waals surface area contributed by atoms with Gasteiger partial charge in [0, 0.05) is 12.8 Å². The average Bonchev–Trinajstić information content (AvgIpc) is 3.29. The summed E-state index contributed by atoms with van der Waals surface area (Å²) in [7, 11) is 1.19. The Morgan fingerprint density at radius 3 is 0.955 bits per heavy atom. The molecule has 67 heavy (non-hydrogen) atoms. The molecule has 0 saturated carbocycles. The van der Waals surface area contributed by atoms with Crippen LogP contribution >= 0.6 is 7.82 Å². The van der Waals surface area contributed by atoms with Crippen molar-refractivity contribution in [3.8, 4) is 0 Å². The number of rotatable bonds is 55. The maximum absolute atomic E-state index is 12.8. The summed E-state index contributed by atoms with van der Waals surface area (Å²) in [5.74, 6) is -0.809. The van der Waals surface area contributed by atoms with Gasteiger partial charge in [-0.15, -0.1) is 0 Å². The molecule has 10 heteroatoms. The van der Waals surface area contributed by atoms with Crippen LogP contribution in [0.4, 0.5) is 0 Å². The Hall–Kier alpha value is -0.990. The topological polar surface area (TPSA) is 111 Å². The van der Waals surface area contributed by atoms with Gasteiger partial charge in [-0.25, -0.2) is 0 Å². The molecule has 0 aliphatic heterocycles. The summed E-state index contributed by atoms with van der Waals surface area (Å²) >= 11 is 0. The predicted octanol–water partition coefficient (Wildman–Crippen LogP) is 17.2. The molecule has 0 spiro atoms. The molecule has 0 heterocycles. The zero-order chi connectivity index (χ0) is 49.2. The van der Waals surface area contributed by atoms with Gasteiger partial charge in [0.15, 0.2) is 6.10 Å². The van der Waals surface area contributed by atoms with Gasteiger partial charge in [-0.2, -0.15) is 0 Å². The molecular weight excluding hydrogens is 858 g/mol. The van der Waals surface area contributed by atoms with Crippen LogP contribution in [0.1, 0.15) is 303 Å². The first-order valence-corrected chi connectivity index (χ1v) is 30.7. The van der Waals surface area contributed by atoms with Crippen molar-refractivity contribution in [2.24, 2.45) is 0 Å². The van der Waals surface area contributed by atoms with E-state index in [0.717, 1.165) is 32.1 Å². The summed E-state index contributed by atoms with van der Waals surface area (Å²) < 4.78 is 34.2. The molecule has 0 aliphatic rings. The van der Waals surface area contributed by atoms with Gasteiger partial charge in [0.2, 0.25) is 0 Å². The fourth-order valence-corrected chi connectivity index (χ4v) is 9.57. The van der Waals surface area contributed by atoms with Gasteiger partial charge in [-0.3, -0.25) is 14.2 Å². The summed E-state index contributed by atoms with van der Waals surface area (Å²) in [4.78, 5) is 37.9. The largest absolute Gasteiger partial charge is 0.756 e. The lowest BCUT2D eigenvalue weighted by atomic mass is 10.0. The van der Waals surface area contributed by atoms with Crippen molar-refractivity contribution in [3.05, 3.63) is 0 Å². The third kappa shape index (κ3) is 54.2. The predicted molar refractivity (Wildman–Crippen MR) is 282 cm³/mol. The number of ether oxygens (including phenoxy) is 2. The Morgan fingerprint density at radius 2 is 0.672 bits per heavy atom. The summed E-state index contributed by atoms with van der Waals surface area (Å²) in [5, 5.41) is 0. The summed E-state index contributed by atoms with van der Waals surface area (Å²) in [6, 6.07) is 0. The van der Waals surface area contributed by atoms with Crippen LogP contribution in [0.15, 0.2) is 0 Å². The van der Waals surface area contributed by atoms with Crippen molar-refractivity contribution < 1.29 is 42.1 Å². The van der Waals surface area contributed by atoms with Gasteiger partial charge in [-0.05, 0) is 12.8 Å². The second kappa shape index (κ2) is 50.0. The third-order valence-corrected chi connectivity index (χ3v) is 14.3. The quantitative estimate of drug-likeness (QED) is 0.0256. The number of carbonyl (C=O) groups is 2. The minimum atomic E-state index is -4.63. The molecule has 0 fully saturated rings. The Labute approximate surface area is 416 Å². The minimum absolute atomic E-state index is 0.0251. The molecule has 2 unspecified atom stereocenters. The molecule has 0 amide bonds. The number of nitrogens with zero attached hydrogens (tertiary/aromatic N) is 1. The Bertz CT molecular complexity index is 1100. The fourth-order valence-electron chi connectivity index (χ4n) is 8.84. The molecule has 0 aromatic heterocycles. The zero-order valence-corrected chi connectivity index (χ0v) is 46.3. The van der Waals surface area contributed by atoms with E-state index in [0.29, 0.717) is 17.4 Å². The van der Waals surface area contributed by atoms with E-state index in [9.17, 15) is 19.0 Å². The van der Waals surface area contributed by atoms with Crippen LogP contribution in [0.2, 0.25) is 0 Å². The molecule has 0 bridgehead atoms. The Morgan fingerprint density at radius 1 is 0.403 bits per heavy atom. The van der Waals surface area contributed by atoms with Gasteiger partial charge in [0.1, 0.15) is 19.8 Å². The normalized spacial score (nSPS) is 13.2. The third-order valence-electron chi connectivity index (χ3n) is 13.4. The Balaban J connectivity index is 4.10. The van der Waals surface area contributed by atoms with Crippen LogP contribution in [-0.4, -0.2) is 70.0 Å². The smallest absolute Gasteiger partial charge is 0.306 e. The van der Waals surface area contributed by atoms with Crippen LogP contribution in [-0.2, 0) is 32.7 Å². The monoisotopic (exact) mass is 972 g/mol. The number of esters is 2. The molecule has 0 aromatic rings. The number of hydrogen-bond donors (Lipinski definition) is 0. The first-order chi connectivity index (χ1) is 32.5. The van der Waals surface area contributed by atoms with E-state index in [1.54, 1.807) is 0 Å². The summed E-state index contributed by atoms with van der Waals surface area (Å²) in [6.07, 6.45) is 55.7. The number of carbonyl (C=O) groups excluding carboxylic acids is 2. The van der Waals surface area contributed by atoms with E-state index < -0.39 is 26.5 Å². The minimum Gasteiger partial charge on any atom is -0.756 e.